The van der Waals surface area contributed by atoms with Crippen molar-refractivity contribution in [2.75, 3.05) is 13.7 Å². The van der Waals surface area contributed by atoms with Gasteiger partial charge in [-0.15, -0.1) is 5.10 Å². The first kappa shape index (κ1) is 16.7. The highest BCUT2D eigenvalue weighted by molar-refractivity contribution is 5.94. The van der Waals surface area contributed by atoms with Crippen molar-refractivity contribution < 1.29 is 9.53 Å². The van der Waals surface area contributed by atoms with Gasteiger partial charge in [-0.05, 0) is 17.5 Å². The summed E-state index contributed by atoms with van der Waals surface area (Å²) >= 11 is 0. The summed E-state index contributed by atoms with van der Waals surface area (Å²) in [5.74, 6) is 0.0770. The second-order valence-electron chi connectivity index (χ2n) is 5.58. The molecule has 0 aliphatic rings. The molecule has 25 heavy (non-hydrogen) atoms. The maximum atomic E-state index is 12.4. The topological polar surface area (TPSA) is 69.0 Å². The zero-order valence-corrected chi connectivity index (χ0v) is 14.1. The summed E-state index contributed by atoms with van der Waals surface area (Å²) < 4.78 is 6.94. The molecular weight excluding hydrogens is 316 g/mol. The number of hydrogen-bond donors (Lipinski definition) is 1. The van der Waals surface area contributed by atoms with Crippen molar-refractivity contribution in [2.24, 2.45) is 0 Å². The van der Waals surface area contributed by atoms with Gasteiger partial charge < -0.3 is 10.1 Å². The summed E-state index contributed by atoms with van der Waals surface area (Å²) in [6, 6.07) is 19.8. The van der Waals surface area contributed by atoms with E-state index in [1.54, 1.807) is 4.68 Å². The van der Waals surface area contributed by atoms with Gasteiger partial charge in [0.15, 0.2) is 0 Å². The lowest BCUT2D eigenvalue weighted by atomic mass is 10.1. The van der Waals surface area contributed by atoms with Crippen LogP contribution in [-0.4, -0.2) is 34.6 Å². The lowest BCUT2D eigenvalue weighted by Crippen LogP contribution is -2.26. The zero-order chi connectivity index (χ0) is 17.5. The maximum absolute atomic E-state index is 12.4. The van der Waals surface area contributed by atoms with Crippen LogP contribution in [0.1, 0.15) is 21.6 Å². The van der Waals surface area contributed by atoms with Gasteiger partial charge in [-0.1, -0.05) is 65.9 Å². The van der Waals surface area contributed by atoms with Crippen molar-refractivity contribution in [2.45, 2.75) is 13.0 Å². The maximum Gasteiger partial charge on any atom is 0.277 e. The van der Waals surface area contributed by atoms with Crippen LogP contribution in [0.15, 0.2) is 60.7 Å². The molecule has 0 spiro atoms. The molecule has 0 aliphatic heterocycles. The highest BCUT2D eigenvalue weighted by Crippen LogP contribution is 2.16. The molecule has 1 aromatic heterocycles. The number of carbonyl (C=O) groups is 1. The van der Waals surface area contributed by atoms with Gasteiger partial charge in [0, 0.05) is 6.54 Å². The zero-order valence-electron chi connectivity index (χ0n) is 14.1. The Morgan fingerprint density at radius 3 is 2.32 bits per heavy atom. The van der Waals surface area contributed by atoms with E-state index in [1.807, 2.05) is 60.7 Å². The van der Waals surface area contributed by atoms with E-state index in [0.717, 1.165) is 12.0 Å². The van der Waals surface area contributed by atoms with Gasteiger partial charge in [0.2, 0.25) is 11.6 Å². The molecule has 1 amide bonds. The molecule has 6 nitrogen and oxygen atoms in total. The summed E-state index contributed by atoms with van der Waals surface area (Å²) in [4.78, 5) is 12.4. The number of aromatic nitrogens is 3. The van der Waals surface area contributed by atoms with Crippen LogP contribution in [0.5, 0.6) is 5.88 Å². The number of ether oxygens (including phenoxy) is 1. The first-order valence-electron chi connectivity index (χ1n) is 8.11. The Morgan fingerprint density at radius 2 is 1.68 bits per heavy atom. The highest BCUT2D eigenvalue weighted by atomic mass is 16.5. The fourth-order valence-electron chi connectivity index (χ4n) is 2.56. The normalized spacial score (nSPS) is 10.4. The van der Waals surface area contributed by atoms with E-state index < -0.39 is 0 Å². The van der Waals surface area contributed by atoms with Crippen LogP contribution in [-0.2, 0) is 13.0 Å². The Kier molecular flexibility index (Phi) is 5.41. The molecule has 0 aliphatic carbocycles. The summed E-state index contributed by atoms with van der Waals surface area (Å²) in [5.41, 5.74) is 2.43. The van der Waals surface area contributed by atoms with Gasteiger partial charge in [0.1, 0.15) is 0 Å². The smallest absolute Gasteiger partial charge is 0.277 e. The molecule has 0 radical (unpaired) electrons. The second-order valence-corrected chi connectivity index (χ2v) is 5.58. The number of methoxy groups -OCH3 is 1. The standard InChI is InChI=1S/C19H20N4O2/c1-25-19-17(18(24)20-13-12-15-8-4-2-5-9-15)21-22-23(19)14-16-10-6-3-7-11-16/h2-11H,12-14H2,1H3,(H,20,24). The summed E-state index contributed by atoms with van der Waals surface area (Å²) in [6.45, 7) is 1.02. The van der Waals surface area contributed by atoms with Gasteiger partial charge in [-0.2, -0.15) is 0 Å². The van der Waals surface area contributed by atoms with Crippen molar-refractivity contribution >= 4 is 5.91 Å². The van der Waals surface area contributed by atoms with Crippen molar-refractivity contribution in [3.63, 3.8) is 0 Å². The molecule has 0 saturated carbocycles. The molecule has 3 aromatic rings. The van der Waals surface area contributed by atoms with Crippen LogP contribution < -0.4 is 10.1 Å². The third-order valence-corrected chi connectivity index (χ3v) is 3.82. The third-order valence-electron chi connectivity index (χ3n) is 3.82. The number of nitrogens with zero attached hydrogens (tertiary/aromatic N) is 3. The Hall–Kier alpha value is -3.15. The van der Waals surface area contributed by atoms with Crippen LogP contribution in [0, 0.1) is 0 Å². The Balaban J connectivity index is 1.64. The first-order valence-corrected chi connectivity index (χ1v) is 8.11. The van der Waals surface area contributed by atoms with Gasteiger partial charge in [0.25, 0.3) is 5.91 Å². The SMILES string of the molecule is COc1c(C(=O)NCCc2ccccc2)nnn1Cc1ccccc1. The Bertz CT molecular complexity index is 816. The average molecular weight is 336 g/mol. The van der Waals surface area contributed by atoms with Crippen LogP contribution in [0.4, 0.5) is 0 Å². The second kappa shape index (κ2) is 8.10. The molecular formula is C19H20N4O2. The highest BCUT2D eigenvalue weighted by Gasteiger charge is 2.20. The third kappa shape index (κ3) is 4.23. The summed E-state index contributed by atoms with van der Waals surface area (Å²) in [6.07, 6.45) is 0.757. The largest absolute Gasteiger partial charge is 0.479 e. The number of hydrogen-bond acceptors (Lipinski definition) is 4. The van der Waals surface area contributed by atoms with E-state index in [4.69, 9.17) is 4.74 Å². The molecule has 0 atom stereocenters. The van der Waals surface area contributed by atoms with Crippen molar-refractivity contribution in [1.82, 2.24) is 20.3 Å². The van der Waals surface area contributed by atoms with E-state index >= 15 is 0 Å². The molecule has 2 aromatic carbocycles. The molecule has 0 saturated heterocycles. The van der Waals surface area contributed by atoms with Gasteiger partial charge in [-0.3, -0.25) is 4.79 Å². The number of rotatable bonds is 7. The van der Waals surface area contributed by atoms with E-state index in [1.165, 1.54) is 12.7 Å². The predicted octanol–water partition coefficient (Wildman–Crippen LogP) is 2.31. The predicted molar refractivity (Wildman–Crippen MR) is 94.6 cm³/mol. The quantitative estimate of drug-likeness (QED) is 0.719. The molecule has 0 fully saturated rings. The van der Waals surface area contributed by atoms with Crippen molar-refractivity contribution in [1.29, 1.82) is 0 Å². The fraction of sp³-hybridized carbons (Fsp3) is 0.211. The van der Waals surface area contributed by atoms with Gasteiger partial charge in [0.05, 0.1) is 13.7 Å². The van der Waals surface area contributed by atoms with Crippen molar-refractivity contribution in [3.05, 3.63) is 77.5 Å². The van der Waals surface area contributed by atoms with Gasteiger partial charge >= 0.3 is 0 Å². The van der Waals surface area contributed by atoms with Gasteiger partial charge in [-0.25, -0.2) is 4.68 Å². The van der Waals surface area contributed by atoms with Crippen molar-refractivity contribution in [3.8, 4) is 5.88 Å². The van der Waals surface area contributed by atoms with Crippen LogP contribution in [0.3, 0.4) is 0 Å². The minimum atomic E-state index is -0.285. The number of carbonyl (C=O) groups excluding carboxylic acids is 1. The molecule has 128 valence electrons. The van der Waals surface area contributed by atoms with Crippen LogP contribution in [0.2, 0.25) is 0 Å². The minimum Gasteiger partial charge on any atom is -0.479 e. The molecule has 6 heteroatoms. The molecule has 0 unspecified atom stereocenters. The van der Waals surface area contributed by atoms with E-state index in [-0.39, 0.29) is 11.6 Å². The van der Waals surface area contributed by atoms with Crippen LogP contribution in [0.25, 0.3) is 0 Å². The van der Waals surface area contributed by atoms with E-state index in [0.29, 0.717) is 19.0 Å². The lowest BCUT2D eigenvalue weighted by molar-refractivity contribution is 0.0945. The molecule has 3 rings (SSSR count). The Morgan fingerprint density at radius 1 is 1.04 bits per heavy atom. The number of benzene rings is 2. The monoisotopic (exact) mass is 336 g/mol. The van der Waals surface area contributed by atoms with E-state index in [2.05, 4.69) is 15.6 Å². The fourth-order valence-corrected chi connectivity index (χ4v) is 2.56. The van der Waals surface area contributed by atoms with E-state index in [9.17, 15) is 4.79 Å². The van der Waals surface area contributed by atoms with Crippen LogP contribution >= 0.6 is 0 Å². The summed E-state index contributed by atoms with van der Waals surface area (Å²) in [5, 5.41) is 10.9. The molecule has 1 N–H and O–H groups in total. The minimum absolute atomic E-state index is 0.200. The number of amides is 1. The summed E-state index contributed by atoms with van der Waals surface area (Å²) in [7, 11) is 1.51. The molecule has 1 heterocycles. The lowest BCUT2D eigenvalue weighted by Gasteiger charge is -2.07. The first-order chi connectivity index (χ1) is 12.3. The molecule has 0 bridgehead atoms. The average Bonchev–Trinajstić information content (AvgIpc) is 3.06. The number of nitrogens with one attached hydrogen (secondary N) is 1. The Labute approximate surface area is 146 Å².